The summed E-state index contributed by atoms with van der Waals surface area (Å²) in [4.78, 5) is 16.7. The van der Waals surface area contributed by atoms with Crippen molar-refractivity contribution in [2.45, 2.75) is 0 Å². The summed E-state index contributed by atoms with van der Waals surface area (Å²) in [5, 5.41) is 14.9. The SMILES string of the molecule is N=C/C=C(\Nc1ccccc1)c1nn(-c2ccc(-c3ccccn3)cc2F)ccc1=O. The van der Waals surface area contributed by atoms with Crippen molar-refractivity contribution < 1.29 is 4.39 Å². The van der Waals surface area contributed by atoms with Gasteiger partial charge in [0, 0.05) is 35.9 Å². The molecule has 0 aliphatic carbocycles. The number of halogens is 1. The summed E-state index contributed by atoms with van der Waals surface area (Å²) in [6.45, 7) is 0. The quantitative estimate of drug-likeness (QED) is 0.457. The van der Waals surface area contributed by atoms with Crippen LogP contribution in [0.2, 0.25) is 0 Å². The normalized spacial score (nSPS) is 11.2. The molecule has 2 aromatic heterocycles. The zero-order valence-corrected chi connectivity index (χ0v) is 16.4. The van der Waals surface area contributed by atoms with Crippen LogP contribution in [-0.2, 0) is 0 Å². The Balaban J connectivity index is 1.73. The average molecular weight is 411 g/mol. The first-order valence-electron chi connectivity index (χ1n) is 9.50. The van der Waals surface area contributed by atoms with Gasteiger partial charge >= 0.3 is 0 Å². The van der Waals surface area contributed by atoms with Gasteiger partial charge in [0.25, 0.3) is 0 Å². The first-order chi connectivity index (χ1) is 15.2. The van der Waals surface area contributed by atoms with Gasteiger partial charge in [-0.2, -0.15) is 5.10 Å². The fraction of sp³-hybridized carbons (Fsp3) is 0. The number of hydrogen-bond acceptors (Lipinski definition) is 5. The van der Waals surface area contributed by atoms with Gasteiger partial charge in [-0.25, -0.2) is 9.07 Å². The van der Waals surface area contributed by atoms with Gasteiger partial charge in [0.15, 0.2) is 5.69 Å². The van der Waals surface area contributed by atoms with Crippen molar-refractivity contribution in [3.63, 3.8) is 0 Å². The maximum absolute atomic E-state index is 14.9. The van der Waals surface area contributed by atoms with Gasteiger partial charge in [0.2, 0.25) is 5.43 Å². The summed E-state index contributed by atoms with van der Waals surface area (Å²) in [6.07, 6.45) is 5.55. The third kappa shape index (κ3) is 4.45. The second-order valence-corrected chi connectivity index (χ2v) is 6.59. The fourth-order valence-electron chi connectivity index (χ4n) is 3.05. The van der Waals surface area contributed by atoms with E-state index in [4.69, 9.17) is 5.41 Å². The summed E-state index contributed by atoms with van der Waals surface area (Å²) in [5.41, 5.74) is 2.28. The first kappa shape index (κ1) is 19.9. The van der Waals surface area contributed by atoms with Crippen molar-refractivity contribution in [3.8, 4) is 16.9 Å². The highest BCUT2D eigenvalue weighted by Gasteiger charge is 2.13. The van der Waals surface area contributed by atoms with E-state index < -0.39 is 5.82 Å². The highest BCUT2D eigenvalue weighted by atomic mass is 19.1. The minimum Gasteiger partial charge on any atom is -0.354 e. The van der Waals surface area contributed by atoms with E-state index in [1.54, 1.807) is 30.5 Å². The molecule has 31 heavy (non-hydrogen) atoms. The van der Waals surface area contributed by atoms with Crippen LogP contribution in [0.1, 0.15) is 5.69 Å². The molecular formula is C24H18FN5O. The number of benzene rings is 2. The third-order valence-corrected chi connectivity index (χ3v) is 4.52. The largest absolute Gasteiger partial charge is 0.354 e. The number of anilines is 1. The van der Waals surface area contributed by atoms with E-state index >= 15 is 0 Å². The maximum Gasteiger partial charge on any atom is 0.209 e. The highest BCUT2D eigenvalue weighted by molar-refractivity contribution is 5.86. The monoisotopic (exact) mass is 411 g/mol. The zero-order chi connectivity index (χ0) is 21.6. The summed E-state index contributed by atoms with van der Waals surface area (Å²) < 4.78 is 16.2. The topological polar surface area (TPSA) is 83.7 Å². The van der Waals surface area contributed by atoms with Gasteiger partial charge in [0.1, 0.15) is 11.5 Å². The molecule has 0 fully saturated rings. The predicted molar refractivity (Wildman–Crippen MR) is 120 cm³/mol. The highest BCUT2D eigenvalue weighted by Crippen LogP contribution is 2.22. The number of allylic oxidation sites excluding steroid dienone is 1. The number of para-hydroxylation sites is 1. The molecule has 4 rings (SSSR count). The second-order valence-electron chi connectivity index (χ2n) is 6.59. The summed E-state index contributed by atoms with van der Waals surface area (Å²) >= 11 is 0. The second kappa shape index (κ2) is 8.96. The van der Waals surface area contributed by atoms with E-state index in [0.29, 0.717) is 17.0 Å². The Hall–Kier alpha value is -4.39. The van der Waals surface area contributed by atoms with Crippen molar-refractivity contribution in [2.75, 3.05) is 5.32 Å². The van der Waals surface area contributed by atoms with Crippen LogP contribution < -0.4 is 10.7 Å². The Morgan fingerprint density at radius 2 is 1.84 bits per heavy atom. The molecule has 2 N–H and O–H groups in total. The molecule has 0 radical (unpaired) electrons. The van der Waals surface area contributed by atoms with E-state index in [-0.39, 0.29) is 16.8 Å². The minimum atomic E-state index is -0.501. The molecule has 2 heterocycles. The number of rotatable bonds is 6. The molecule has 7 heteroatoms. The molecule has 4 aromatic rings. The van der Waals surface area contributed by atoms with E-state index in [1.165, 1.54) is 29.1 Å². The molecule has 0 spiro atoms. The Morgan fingerprint density at radius 3 is 2.55 bits per heavy atom. The maximum atomic E-state index is 14.9. The minimum absolute atomic E-state index is 0.0723. The van der Waals surface area contributed by atoms with Gasteiger partial charge in [0.05, 0.1) is 11.4 Å². The van der Waals surface area contributed by atoms with Gasteiger partial charge in [-0.3, -0.25) is 9.78 Å². The molecule has 0 unspecified atom stereocenters. The molecule has 0 amide bonds. The van der Waals surface area contributed by atoms with Crippen molar-refractivity contribution in [1.82, 2.24) is 14.8 Å². The first-order valence-corrected chi connectivity index (χ1v) is 9.50. The number of nitrogens with zero attached hydrogens (tertiary/aromatic N) is 3. The van der Waals surface area contributed by atoms with Crippen LogP contribution in [0.3, 0.4) is 0 Å². The van der Waals surface area contributed by atoms with Gasteiger partial charge in [-0.15, -0.1) is 0 Å². The fourth-order valence-corrected chi connectivity index (χ4v) is 3.05. The van der Waals surface area contributed by atoms with Crippen molar-refractivity contribution in [3.05, 3.63) is 113 Å². The van der Waals surface area contributed by atoms with Crippen LogP contribution in [0.4, 0.5) is 10.1 Å². The van der Waals surface area contributed by atoms with Crippen LogP contribution in [0, 0.1) is 11.2 Å². The zero-order valence-electron chi connectivity index (χ0n) is 16.4. The average Bonchev–Trinajstić information content (AvgIpc) is 2.80. The smallest absolute Gasteiger partial charge is 0.209 e. The van der Waals surface area contributed by atoms with Gasteiger partial charge in [-0.05, 0) is 42.5 Å². The standard InChI is InChI=1S/C24H18FN5O/c25-19-16-17(20-8-4-5-14-27-20)9-10-22(19)30-15-12-23(31)24(29-30)21(11-13-26)28-18-6-2-1-3-7-18/h1-16,26,28H/b21-11-,26-13?. The van der Waals surface area contributed by atoms with Crippen LogP contribution in [0.25, 0.3) is 22.6 Å². The molecule has 152 valence electrons. The molecular weight excluding hydrogens is 393 g/mol. The molecule has 0 saturated heterocycles. The van der Waals surface area contributed by atoms with Gasteiger partial charge < -0.3 is 10.7 Å². The van der Waals surface area contributed by atoms with E-state index in [9.17, 15) is 9.18 Å². The molecule has 0 aliphatic heterocycles. The number of aromatic nitrogens is 3. The van der Waals surface area contributed by atoms with Crippen molar-refractivity contribution >= 4 is 17.6 Å². The Morgan fingerprint density at radius 1 is 1.03 bits per heavy atom. The third-order valence-electron chi connectivity index (χ3n) is 4.52. The lowest BCUT2D eigenvalue weighted by Gasteiger charge is -2.13. The summed E-state index contributed by atoms with van der Waals surface area (Å²) in [5.74, 6) is -0.501. The Bertz CT molecular complexity index is 1300. The molecule has 0 bridgehead atoms. The number of nitrogens with one attached hydrogen (secondary N) is 2. The molecule has 0 aliphatic rings. The Labute approximate surface area is 177 Å². The van der Waals surface area contributed by atoms with Crippen molar-refractivity contribution in [2.24, 2.45) is 0 Å². The van der Waals surface area contributed by atoms with E-state index in [1.807, 2.05) is 36.4 Å². The molecule has 6 nitrogen and oxygen atoms in total. The Kier molecular flexibility index (Phi) is 5.75. The van der Waals surface area contributed by atoms with Crippen LogP contribution in [0.5, 0.6) is 0 Å². The molecule has 2 aromatic carbocycles. The lowest BCUT2D eigenvalue weighted by molar-refractivity contribution is 0.608. The predicted octanol–water partition coefficient (Wildman–Crippen LogP) is 4.54. The summed E-state index contributed by atoms with van der Waals surface area (Å²) in [7, 11) is 0. The van der Waals surface area contributed by atoms with Gasteiger partial charge in [-0.1, -0.05) is 30.3 Å². The number of hydrogen-bond donors (Lipinski definition) is 2. The van der Waals surface area contributed by atoms with E-state index in [0.717, 1.165) is 11.9 Å². The lowest BCUT2D eigenvalue weighted by atomic mass is 10.1. The van der Waals surface area contributed by atoms with Crippen LogP contribution in [-0.4, -0.2) is 21.0 Å². The van der Waals surface area contributed by atoms with Crippen molar-refractivity contribution in [1.29, 1.82) is 5.41 Å². The molecule has 0 saturated carbocycles. The van der Waals surface area contributed by atoms with E-state index in [2.05, 4.69) is 15.4 Å². The number of pyridine rings is 1. The lowest BCUT2D eigenvalue weighted by Crippen LogP contribution is -2.18. The van der Waals surface area contributed by atoms with Crippen LogP contribution >= 0.6 is 0 Å². The van der Waals surface area contributed by atoms with Crippen LogP contribution in [0.15, 0.2) is 96.1 Å². The molecule has 0 atom stereocenters. The summed E-state index contributed by atoms with van der Waals surface area (Å²) in [6, 6.07) is 20.7.